The van der Waals surface area contributed by atoms with E-state index in [-0.39, 0.29) is 17.5 Å². The van der Waals surface area contributed by atoms with Crippen LogP contribution in [-0.2, 0) is 22.9 Å². The molecule has 0 amide bonds. The number of aromatic nitrogens is 3. The predicted molar refractivity (Wildman–Crippen MR) is 81.7 cm³/mol. The summed E-state index contributed by atoms with van der Waals surface area (Å²) in [6.07, 6.45) is 3.05. The summed E-state index contributed by atoms with van der Waals surface area (Å²) in [5, 5.41) is 11.5. The molecule has 0 saturated carbocycles. The third-order valence-corrected chi connectivity index (χ3v) is 5.54. The molecule has 1 aromatic rings. The summed E-state index contributed by atoms with van der Waals surface area (Å²) in [7, 11) is -2.84. The fourth-order valence-electron chi connectivity index (χ4n) is 2.52. The maximum absolute atomic E-state index is 11.5. The third kappa shape index (κ3) is 5.05. The summed E-state index contributed by atoms with van der Waals surface area (Å²) in [5.74, 6) is 0.525. The van der Waals surface area contributed by atoms with Crippen molar-refractivity contribution in [3.05, 3.63) is 11.9 Å². The zero-order valence-corrected chi connectivity index (χ0v) is 13.6. The van der Waals surface area contributed by atoms with Crippen molar-refractivity contribution < 1.29 is 8.42 Å². The van der Waals surface area contributed by atoms with Crippen molar-refractivity contribution in [3.63, 3.8) is 0 Å². The molecule has 0 radical (unpaired) electrons. The lowest BCUT2D eigenvalue weighted by atomic mass is 10.3. The van der Waals surface area contributed by atoms with Crippen molar-refractivity contribution in [2.75, 3.05) is 31.1 Å². The molecular weight excluding hydrogens is 290 g/mol. The smallest absolute Gasteiger partial charge is 0.153 e. The lowest BCUT2D eigenvalue weighted by molar-refractivity contribution is 0.214. The minimum atomic E-state index is -2.84. The van der Waals surface area contributed by atoms with Crippen LogP contribution in [0.25, 0.3) is 0 Å². The second kappa shape index (κ2) is 7.33. The molecule has 1 N–H and O–H groups in total. The van der Waals surface area contributed by atoms with Crippen molar-refractivity contribution in [2.45, 2.75) is 39.4 Å². The summed E-state index contributed by atoms with van der Waals surface area (Å²) in [6.45, 7) is 7.98. The average Bonchev–Trinajstić information content (AvgIpc) is 2.85. The normalized spacial score (nSPS) is 22.5. The van der Waals surface area contributed by atoms with Crippen LogP contribution in [0.5, 0.6) is 0 Å². The van der Waals surface area contributed by atoms with Crippen molar-refractivity contribution >= 4 is 9.84 Å². The van der Waals surface area contributed by atoms with E-state index in [1.807, 2.05) is 17.8 Å². The zero-order valence-electron chi connectivity index (χ0n) is 12.8. The molecule has 0 aliphatic carbocycles. The third-order valence-electron chi connectivity index (χ3n) is 3.74. The lowest BCUT2D eigenvalue weighted by Gasteiger charge is -2.32. The first-order chi connectivity index (χ1) is 10.00. The molecule has 1 unspecified atom stereocenters. The minimum absolute atomic E-state index is 0.0814. The summed E-state index contributed by atoms with van der Waals surface area (Å²) in [6, 6.07) is 0.0814. The number of sulfone groups is 1. The highest BCUT2D eigenvalue weighted by Crippen LogP contribution is 2.11. The number of hydrogen-bond acceptors (Lipinski definition) is 6. The van der Waals surface area contributed by atoms with E-state index in [1.54, 1.807) is 0 Å². The molecule has 0 spiro atoms. The molecule has 120 valence electrons. The number of hydrogen-bond donors (Lipinski definition) is 1. The molecule has 1 aromatic heterocycles. The number of nitrogens with one attached hydrogen (secondary N) is 1. The van der Waals surface area contributed by atoms with Gasteiger partial charge >= 0.3 is 0 Å². The van der Waals surface area contributed by atoms with Crippen LogP contribution in [0.2, 0.25) is 0 Å². The first-order valence-corrected chi connectivity index (χ1v) is 9.36. The van der Waals surface area contributed by atoms with Gasteiger partial charge in [-0.05, 0) is 19.9 Å². The highest BCUT2D eigenvalue weighted by Gasteiger charge is 2.27. The van der Waals surface area contributed by atoms with E-state index in [9.17, 15) is 8.42 Å². The Morgan fingerprint density at radius 3 is 2.95 bits per heavy atom. The Labute approximate surface area is 126 Å². The van der Waals surface area contributed by atoms with Crippen LogP contribution in [0.1, 0.15) is 26.0 Å². The van der Waals surface area contributed by atoms with Gasteiger partial charge in [0.05, 0.1) is 23.7 Å². The summed E-state index contributed by atoms with van der Waals surface area (Å²) < 4.78 is 24.9. The van der Waals surface area contributed by atoms with Gasteiger partial charge in [-0.2, -0.15) is 0 Å². The van der Waals surface area contributed by atoms with Crippen LogP contribution < -0.4 is 5.32 Å². The molecule has 1 atom stereocenters. The van der Waals surface area contributed by atoms with Crippen LogP contribution in [0.4, 0.5) is 0 Å². The Hall–Kier alpha value is -0.990. The van der Waals surface area contributed by atoms with Gasteiger partial charge in [0.1, 0.15) is 0 Å². The fraction of sp³-hybridized carbons (Fsp3) is 0.846. The van der Waals surface area contributed by atoms with Crippen LogP contribution in [-0.4, -0.2) is 65.5 Å². The van der Waals surface area contributed by atoms with E-state index in [1.165, 1.54) is 0 Å². The van der Waals surface area contributed by atoms with E-state index in [0.29, 0.717) is 6.54 Å². The van der Waals surface area contributed by atoms with E-state index in [0.717, 1.165) is 38.3 Å². The molecule has 1 aliphatic rings. The SMILES string of the molecule is CCCNCc1cn(CCN2CCS(=O)(=O)CC2C)nn1. The number of nitrogens with zero attached hydrogens (tertiary/aromatic N) is 4. The molecular formula is C13H25N5O2S. The largest absolute Gasteiger partial charge is 0.311 e. The molecule has 0 bridgehead atoms. The molecule has 2 heterocycles. The van der Waals surface area contributed by atoms with Crippen LogP contribution in [0.3, 0.4) is 0 Å². The highest BCUT2D eigenvalue weighted by molar-refractivity contribution is 7.91. The van der Waals surface area contributed by atoms with Gasteiger partial charge in [-0.15, -0.1) is 5.10 Å². The van der Waals surface area contributed by atoms with Crippen LogP contribution >= 0.6 is 0 Å². The van der Waals surface area contributed by atoms with Crippen LogP contribution in [0, 0.1) is 0 Å². The second-order valence-electron chi connectivity index (χ2n) is 5.65. The monoisotopic (exact) mass is 315 g/mol. The Balaban J connectivity index is 1.78. The van der Waals surface area contributed by atoms with Gasteiger partial charge in [0.2, 0.25) is 0 Å². The maximum Gasteiger partial charge on any atom is 0.153 e. The van der Waals surface area contributed by atoms with Crippen molar-refractivity contribution in [1.82, 2.24) is 25.2 Å². The summed E-state index contributed by atoms with van der Waals surface area (Å²) in [5.41, 5.74) is 0.942. The predicted octanol–water partition coefficient (Wildman–Crippen LogP) is -0.103. The second-order valence-corrected chi connectivity index (χ2v) is 7.88. The quantitative estimate of drug-likeness (QED) is 0.708. The van der Waals surface area contributed by atoms with E-state index < -0.39 is 9.84 Å². The van der Waals surface area contributed by atoms with Gasteiger partial charge in [0, 0.05) is 31.9 Å². The standard InChI is InChI=1S/C13H25N5O2S/c1-3-4-14-9-13-10-18(16-15-13)6-5-17-7-8-21(19,20)11-12(17)2/h10,12,14H,3-9,11H2,1-2H3. The van der Waals surface area contributed by atoms with Crippen molar-refractivity contribution in [1.29, 1.82) is 0 Å². The van der Waals surface area contributed by atoms with Gasteiger partial charge in [0.25, 0.3) is 0 Å². The Bertz CT molecular complexity index is 543. The van der Waals surface area contributed by atoms with E-state index in [4.69, 9.17) is 0 Å². The molecule has 0 aromatic carbocycles. The van der Waals surface area contributed by atoms with Gasteiger partial charge in [-0.3, -0.25) is 9.58 Å². The zero-order chi connectivity index (χ0) is 15.3. The molecule has 1 aliphatic heterocycles. The Morgan fingerprint density at radius 2 is 2.24 bits per heavy atom. The highest BCUT2D eigenvalue weighted by atomic mass is 32.2. The van der Waals surface area contributed by atoms with Gasteiger partial charge in [-0.25, -0.2) is 8.42 Å². The molecule has 2 rings (SSSR count). The molecule has 21 heavy (non-hydrogen) atoms. The fourth-order valence-corrected chi connectivity index (χ4v) is 4.14. The first kappa shape index (κ1) is 16.4. The number of rotatable bonds is 7. The first-order valence-electron chi connectivity index (χ1n) is 7.54. The molecule has 8 heteroatoms. The maximum atomic E-state index is 11.5. The van der Waals surface area contributed by atoms with Crippen molar-refractivity contribution in [2.24, 2.45) is 0 Å². The van der Waals surface area contributed by atoms with Gasteiger partial charge in [-0.1, -0.05) is 12.1 Å². The lowest BCUT2D eigenvalue weighted by Crippen LogP contribution is -2.47. The minimum Gasteiger partial charge on any atom is -0.311 e. The van der Waals surface area contributed by atoms with Crippen LogP contribution in [0.15, 0.2) is 6.20 Å². The van der Waals surface area contributed by atoms with Gasteiger partial charge < -0.3 is 5.32 Å². The van der Waals surface area contributed by atoms with E-state index >= 15 is 0 Å². The topological polar surface area (TPSA) is 80.1 Å². The molecule has 1 saturated heterocycles. The van der Waals surface area contributed by atoms with Gasteiger partial charge in [0.15, 0.2) is 9.84 Å². The Morgan fingerprint density at radius 1 is 1.43 bits per heavy atom. The summed E-state index contributed by atoms with van der Waals surface area (Å²) in [4.78, 5) is 2.21. The average molecular weight is 315 g/mol. The Kier molecular flexibility index (Phi) is 5.72. The summed E-state index contributed by atoms with van der Waals surface area (Å²) >= 11 is 0. The van der Waals surface area contributed by atoms with Crippen molar-refractivity contribution in [3.8, 4) is 0 Å². The molecule has 1 fully saturated rings. The van der Waals surface area contributed by atoms with E-state index in [2.05, 4.69) is 27.5 Å². The molecule has 7 nitrogen and oxygen atoms in total.